The minimum absolute atomic E-state index is 0.0941. The zero-order valence-electron chi connectivity index (χ0n) is 12.6. The Bertz CT molecular complexity index is 332. The smallest absolute Gasteiger partial charge is 0.109 e. The third-order valence-electron chi connectivity index (χ3n) is 3.18. The second kappa shape index (κ2) is 4.88. The predicted octanol–water partition coefficient (Wildman–Crippen LogP) is 5.44. The Morgan fingerprint density at radius 3 is 2.06 bits per heavy atom. The molecule has 0 spiro atoms. The Hall–Kier alpha value is -0.720. The monoisotopic (exact) mass is 236 g/mol. The third kappa shape index (κ3) is 3.62. The van der Waals surface area contributed by atoms with Crippen LogP contribution in [0, 0.1) is 10.8 Å². The minimum atomic E-state index is 0.0941. The van der Waals surface area contributed by atoms with Gasteiger partial charge in [-0.15, -0.1) is 0 Å². The zero-order chi connectivity index (χ0) is 13.3. The predicted molar refractivity (Wildman–Crippen MR) is 74.6 cm³/mol. The summed E-state index contributed by atoms with van der Waals surface area (Å²) in [6.45, 7) is 15.8. The summed E-state index contributed by atoms with van der Waals surface area (Å²) in [4.78, 5) is 0. The Labute approximate surface area is 107 Å². The normalized spacial score (nSPS) is 17.9. The molecule has 1 aliphatic heterocycles. The molecule has 0 saturated heterocycles. The van der Waals surface area contributed by atoms with Crippen molar-refractivity contribution < 1.29 is 4.74 Å². The first-order valence-electron chi connectivity index (χ1n) is 6.75. The number of hydrogen-bond donors (Lipinski definition) is 0. The quantitative estimate of drug-likeness (QED) is 0.620. The molecule has 1 nitrogen and oxygen atoms in total. The summed E-state index contributed by atoms with van der Waals surface area (Å²) in [5.74, 6) is 1.17. The molecule has 0 unspecified atom stereocenters. The zero-order valence-corrected chi connectivity index (χ0v) is 12.6. The number of rotatable bonds is 2. The minimum Gasteiger partial charge on any atom is -0.469 e. The van der Waals surface area contributed by atoms with Gasteiger partial charge in [0.05, 0.1) is 6.26 Å². The van der Waals surface area contributed by atoms with E-state index in [1.807, 2.05) is 6.26 Å². The van der Waals surface area contributed by atoms with Gasteiger partial charge in [0.15, 0.2) is 0 Å². The van der Waals surface area contributed by atoms with Crippen molar-refractivity contribution in [3.8, 4) is 0 Å². The molecule has 0 radical (unpaired) electrons. The van der Waals surface area contributed by atoms with E-state index in [9.17, 15) is 0 Å². The molecule has 0 amide bonds. The van der Waals surface area contributed by atoms with Crippen LogP contribution < -0.4 is 0 Å². The molecule has 0 fully saturated rings. The molecule has 1 heteroatoms. The van der Waals surface area contributed by atoms with E-state index < -0.39 is 0 Å². The van der Waals surface area contributed by atoms with Crippen molar-refractivity contribution in [1.29, 1.82) is 0 Å². The second-order valence-corrected chi connectivity index (χ2v) is 7.13. The van der Waals surface area contributed by atoms with Gasteiger partial charge in [-0.2, -0.15) is 0 Å². The summed E-state index contributed by atoms with van der Waals surface area (Å²) >= 11 is 0. The SMILES string of the molecule is CCCC1=COC(C(C)(C)C)=C(C(C)(C)C)C1. The van der Waals surface area contributed by atoms with Crippen molar-refractivity contribution in [3.05, 3.63) is 23.2 Å². The lowest BCUT2D eigenvalue weighted by atomic mass is 9.76. The Balaban J connectivity index is 3.06. The average Bonchev–Trinajstić information content (AvgIpc) is 2.15. The van der Waals surface area contributed by atoms with Gasteiger partial charge < -0.3 is 4.74 Å². The summed E-state index contributed by atoms with van der Waals surface area (Å²) in [5.41, 5.74) is 3.19. The topological polar surface area (TPSA) is 9.23 Å². The van der Waals surface area contributed by atoms with E-state index in [4.69, 9.17) is 4.74 Å². The highest BCUT2D eigenvalue weighted by Gasteiger charge is 2.31. The lowest BCUT2D eigenvalue weighted by Gasteiger charge is -2.35. The van der Waals surface area contributed by atoms with Gasteiger partial charge >= 0.3 is 0 Å². The molecule has 0 N–H and O–H groups in total. The van der Waals surface area contributed by atoms with Crippen LogP contribution in [0.15, 0.2) is 23.2 Å². The summed E-state index contributed by atoms with van der Waals surface area (Å²) in [5, 5.41) is 0. The maximum absolute atomic E-state index is 5.96. The molecule has 0 atom stereocenters. The van der Waals surface area contributed by atoms with Gasteiger partial charge in [0.1, 0.15) is 5.76 Å². The van der Waals surface area contributed by atoms with Gasteiger partial charge in [0.25, 0.3) is 0 Å². The van der Waals surface area contributed by atoms with E-state index in [0.29, 0.717) is 0 Å². The Morgan fingerprint density at radius 1 is 1.06 bits per heavy atom. The molecule has 1 aliphatic rings. The van der Waals surface area contributed by atoms with Crippen LogP contribution in [0.4, 0.5) is 0 Å². The van der Waals surface area contributed by atoms with E-state index in [2.05, 4.69) is 48.5 Å². The average molecular weight is 236 g/mol. The number of allylic oxidation sites excluding steroid dienone is 3. The van der Waals surface area contributed by atoms with Crippen molar-refractivity contribution in [2.24, 2.45) is 10.8 Å². The van der Waals surface area contributed by atoms with Gasteiger partial charge in [-0.3, -0.25) is 0 Å². The van der Waals surface area contributed by atoms with Crippen molar-refractivity contribution in [2.75, 3.05) is 0 Å². The van der Waals surface area contributed by atoms with Crippen molar-refractivity contribution >= 4 is 0 Å². The van der Waals surface area contributed by atoms with Crippen molar-refractivity contribution in [3.63, 3.8) is 0 Å². The van der Waals surface area contributed by atoms with Crippen molar-refractivity contribution in [2.45, 2.75) is 67.7 Å². The first-order chi connectivity index (χ1) is 7.66. The molecule has 1 rings (SSSR count). The molecule has 0 aliphatic carbocycles. The molecule has 0 aromatic carbocycles. The fraction of sp³-hybridized carbons (Fsp3) is 0.750. The van der Waals surface area contributed by atoms with Crippen LogP contribution in [0.25, 0.3) is 0 Å². The van der Waals surface area contributed by atoms with E-state index >= 15 is 0 Å². The highest BCUT2D eigenvalue weighted by molar-refractivity contribution is 5.29. The second-order valence-electron chi connectivity index (χ2n) is 7.13. The van der Waals surface area contributed by atoms with Crippen LogP contribution in [-0.4, -0.2) is 0 Å². The molecule has 0 saturated carbocycles. The van der Waals surface area contributed by atoms with E-state index in [0.717, 1.165) is 12.8 Å². The molecule has 17 heavy (non-hydrogen) atoms. The third-order valence-corrected chi connectivity index (χ3v) is 3.18. The van der Waals surface area contributed by atoms with E-state index in [1.165, 1.54) is 23.3 Å². The van der Waals surface area contributed by atoms with Crippen LogP contribution in [-0.2, 0) is 4.74 Å². The van der Waals surface area contributed by atoms with Crippen LogP contribution in [0.1, 0.15) is 67.7 Å². The Kier molecular flexibility index (Phi) is 4.11. The first-order valence-corrected chi connectivity index (χ1v) is 6.75. The Morgan fingerprint density at radius 2 is 1.65 bits per heavy atom. The summed E-state index contributed by atoms with van der Waals surface area (Å²) in [6.07, 6.45) is 5.41. The first kappa shape index (κ1) is 14.3. The van der Waals surface area contributed by atoms with Crippen LogP contribution >= 0.6 is 0 Å². The molecule has 0 aromatic heterocycles. The lowest BCUT2D eigenvalue weighted by molar-refractivity contribution is 0.214. The fourth-order valence-corrected chi connectivity index (χ4v) is 2.27. The largest absolute Gasteiger partial charge is 0.469 e. The molecule has 1 heterocycles. The standard InChI is InChI=1S/C16H28O/c1-8-9-12-10-13(15(2,3)4)14(17-11-12)16(5,6)7/h11H,8-10H2,1-7H3. The molecule has 0 bridgehead atoms. The molecule has 0 aromatic rings. The fourth-order valence-electron chi connectivity index (χ4n) is 2.27. The van der Waals surface area contributed by atoms with Gasteiger partial charge in [-0.1, -0.05) is 54.9 Å². The number of ether oxygens (including phenoxy) is 1. The van der Waals surface area contributed by atoms with E-state index in [-0.39, 0.29) is 10.8 Å². The maximum atomic E-state index is 5.96. The molecule has 98 valence electrons. The maximum Gasteiger partial charge on any atom is 0.109 e. The van der Waals surface area contributed by atoms with E-state index in [1.54, 1.807) is 0 Å². The molecular formula is C16H28O. The van der Waals surface area contributed by atoms with Crippen molar-refractivity contribution in [1.82, 2.24) is 0 Å². The lowest BCUT2D eigenvalue weighted by Crippen LogP contribution is -2.23. The number of hydrogen-bond acceptors (Lipinski definition) is 1. The summed E-state index contributed by atoms with van der Waals surface area (Å²) in [7, 11) is 0. The van der Waals surface area contributed by atoms with Crippen LogP contribution in [0.2, 0.25) is 0 Å². The summed E-state index contributed by atoms with van der Waals surface area (Å²) in [6, 6.07) is 0. The van der Waals surface area contributed by atoms with Gasteiger partial charge in [-0.05, 0) is 29.4 Å². The van der Waals surface area contributed by atoms with Crippen LogP contribution in [0.5, 0.6) is 0 Å². The highest BCUT2D eigenvalue weighted by atomic mass is 16.5. The van der Waals surface area contributed by atoms with Crippen LogP contribution in [0.3, 0.4) is 0 Å². The highest BCUT2D eigenvalue weighted by Crippen LogP contribution is 2.43. The summed E-state index contributed by atoms with van der Waals surface area (Å²) < 4.78 is 5.96. The molecular weight excluding hydrogens is 208 g/mol. The van der Waals surface area contributed by atoms with Gasteiger partial charge in [0.2, 0.25) is 0 Å². The van der Waals surface area contributed by atoms with Gasteiger partial charge in [0, 0.05) is 5.41 Å². The van der Waals surface area contributed by atoms with Gasteiger partial charge in [-0.25, -0.2) is 0 Å².